The van der Waals surface area contributed by atoms with Crippen molar-refractivity contribution < 1.29 is 19.2 Å². The van der Waals surface area contributed by atoms with Crippen LogP contribution in [0.25, 0.3) is 0 Å². The summed E-state index contributed by atoms with van der Waals surface area (Å²) in [5, 5.41) is 19.1. The topological polar surface area (TPSA) is 77.8 Å². The average molecular weight is 319 g/mol. The Morgan fingerprint density at radius 1 is 1.05 bits per heavy atom. The second-order valence-corrected chi connectivity index (χ2v) is 6.37. The minimum atomic E-state index is -1.13. The van der Waals surface area contributed by atoms with Gasteiger partial charge in [0.25, 0.3) is 0 Å². The fraction of sp³-hybridized carbons (Fsp3) is 0.800. The van der Waals surface area contributed by atoms with Gasteiger partial charge in [-0.05, 0) is 6.42 Å². The van der Waals surface area contributed by atoms with E-state index >= 15 is 0 Å². The highest BCUT2D eigenvalue weighted by Gasteiger charge is 2.09. The zero-order chi connectivity index (χ0) is 15.9. The highest BCUT2D eigenvalue weighted by Crippen LogP contribution is 2.06. The third-order valence-corrected chi connectivity index (χ3v) is 4.24. The summed E-state index contributed by atoms with van der Waals surface area (Å²) in [6.45, 7) is 2.22. The van der Waals surface area contributed by atoms with E-state index in [-0.39, 0.29) is 32.2 Å². The van der Waals surface area contributed by atoms with Crippen molar-refractivity contribution in [1.29, 1.82) is 0 Å². The molecule has 0 bridgehead atoms. The van der Waals surface area contributed by atoms with Gasteiger partial charge in [0.05, 0.1) is 13.2 Å². The Kier molecular flexibility index (Phi) is 13.7. The van der Waals surface area contributed by atoms with Crippen LogP contribution in [0.3, 0.4) is 0 Å². The van der Waals surface area contributed by atoms with E-state index < -0.39 is 10.8 Å². The molecule has 1 atom stereocenters. The van der Waals surface area contributed by atoms with Crippen molar-refractivity contribution in [2.24, 2.45) is 0 Å². The van der Waals surface area contributed by atoms with Crippen molar-refractivity contribution in [1.82, 2.24) is 4.90 Å². The predicted molar refractivity (Wildman–Crippen MR) is 86.3 cm³/mol. The molecule has 0 aromatic rings. The normalized spacial score (nSPS) is 12.7. The summed E-state index contributed by atoms with van der Waals surface area (Å²) >= 11 is 0. The zero-order valence-electron chi connectivity index (χ0n) is 13.0. The van der Waals surface area contributed by atoms with Crippen LogP contribution < -0.4 is 0 Å². The molecule has 0 heterocycles. The van der Waals surface area contributed by atoms with E-state index in [9.17, 15) is 9.00 Å². The molecule has 0 aliphatic heterocycles. The first kappa shape index (κ1) is 20.3. The van der Waals surface area contributed by atoms with E-state index in [1.807, 2.05) is 0 Å². The lowest BCUT2D eigenvalue weighted by molar-refractivity contribution is -0.127. The average Bonchev–Trinajstić information content (AvgIpc) is 2.48. The Hall–Kier alpha value is -0.720. The summed E-state index contributed by atoms with van der Waals surface area (Å²) in [4.78, 5) is 13.1. The number of nitrogens with zero attached hydrogens (tertiary/aromatic N) is 1. The first-order valence-corrected chi connectivity index (χ1v) is 9.09. The van der Waals surface area contributed by atoms with Crippen LogP contribution in [0.15, 0.2) is 11.5 Å². The van der Waals surface area contributed by atoms with Gasteiger partial charge in [-0.2, -0.15) is 0 Å². The summed E-state index contributed by atoms with van der Waals surface area (Å²) in [6, 6.07) is 0. The Morgan fingerprint density at radius 2 is 1.62 bits per heavy atom. The van der Waals surface area contributed by atoms with Crippen LogP contribution in [0.1, 0.15) is 45.4 Å². The Morgan fingerprint density at radius 3 is 2.19 bits per heavy atom. The van der Waals surface area contributed by atoms with Gasteiger partial charge in [-0.15, -0.1) is 0 Å². The standard InChI is InChI=1S/C15H29NO4S/c1-2-3-4-5-6-7-13-21(20)14-8-15(19)16(9-11-17)10-12-18/h8,14,17-18H,2-7,9-13H2,1H3. The van der Waals surface area contributed by atoms with Crippen LogP contribution in [-0.4, -0.2) is 57.3 Å². The molecule has 5 nitrogen and oxygen atoms in total. The minimum Gasteiger partial charge on any atom is -0.395 e. The monoisotopic (exact) mass is 319 g/mol. The number of hydrogen-bond acceptors (Lipinski definition) is 4. The first-order chi connectivity index (χ1) is 10.2. The fourth-order valence-corrected chi connectivity index (χ4v) is 2.80. The molecule has 0 radical (unpaired) electrons. The predicted octanol–water partition coefficient (Wildman–Crippen LogP) is 1.42. The molecule has 0 aliphatic carbocycles. The van der Waals surface area contributed by atoms with Gasteiger partial charge in [0.2, 0.25) is 5.91 Å². The summed E-state index contributed by atoms with van der Waals surface area (Å²) in [5.41, 5.74) is 0. The number of unbranched alkanes of at least 4 members (excludes halogenated alkanes) is 5. The van der Waals surface area contributed by atoms with E-state index in [0.29, 0.717) is 5.75 Å². The number of carbonyl (C=O) groups excluding carboxylic acids is 1. The van der Waals surface area contributed by atoms with Gasteiger partial charge in [0.15, 0.2) is 0 Å². The number of hydrogen-bond donors (Lipinski definition) is 2. The molecule has 124 valence electrons. The molecular formula is C15H29NO4S. The van der Waals surface area contributed by atoms with Gasteiger partial charge in [-0.25, -0.2) is 0 Å². The van der Waals surface area contributed by atoms with Gasteiger partial charge in [0.1, 0.15) is 0 Å². The van der Waals surface area contributed by atoms with Crippen molar-refractivity contribution in [2.75, 3.05) is 32.1 Å². The molecule has 0 spiro atoms. The third-order valence-electron chi connectivity index (χ3n) is 3.11. The number of aliphatic hydroxyl groups is 2. The molecular weight excluding hydrogens is 290 g/mol. The van der Waals surface area contributed by atoms with Crippen LogP contribution >= 0.6 is 0 Å². The molecule has 0 aromatic heterocycles. The van der Waals surface area contributed by atoms with E-state index in [2.05, 4.69) is 6.92 Å². The van der Waals surface area contributed by atoms with Gasteiger partial charge < -0.3 is 15.1 Å². The van der Waals surface area contributed by atoms with Crippen molar-refractivity contribution in [3.8, 4) is 0 Å². The highest BCUT2D eigenvalue weighted by atomic mass is 32.2. The smallest absolute Gasteiger partial charge is 0.247 e. The second kappa shape index (κ2) is 14.2. The molecule has 0 aromatic carbocycles. The van der Waals surface area contributed by atoms with E-state index in [1.54, 1.807) is 0 Å². The fourth-order valence-electron chi connectivity index (χ4n) is 1.91. The maximum Gasteiger partial charge on any atom is 0.247 e. The number of amides is 1. The summed E-state index contributed by atoms with van der Waals surface area (Å²) < 4.78 is 11.7. The van der Waals surface area contributed by atoms with E-state index in [0.717, 1.165) is 12.8 Å². The summed E-state index contributed by atoms with van der Waals surface area (Å²) in [5.74, 6) is 0.255. The quantitative estimate of drug-likeness (QED) is 0.397. The molecule has 1 amide bonds. The highest BCUT2D eigenvalue weighted by molar-refractivity contribution is 7.87. The van der Waals surface area contributed by atoms with Crippen LogP contribution in [-0.2, 0) is 15.6 Å². The lowest BCUT2D eigenvalue weighted by atomic mass is 10.1. The van der Waals surface area contributed by atoms with Gasteiger partial charge in [-0.1, -0.05) is 39.0 Å². The molecule has 0 saturated heterocycles. The number of rotatable bonds is 13. The molecule has 0 aliphatic rings. The maximum absolute atomic E-state index is 11.8. The maximum atomic E-state index is 11.8. The van der Waals surface area contributed by atoms with Gasteiger partial charge >= 0.3 is 0 Å². The number of aliphatic hydroxyl groups excluding tert-OH is 2. The Balaban J connectivity index is 3.92. The first-order valence-electron chi connectivity index (χ1n) is 7.71. The van der Waals surface area contributed by atoms with Gasteiger partial charge in [0, 0.05) is 41.1 Å². The molecule has 2 N–H and O–H groups in total. The number of carbonyl (C=O) groups is 1. The van der Waals surface area contributed by atoms with Crippen LogP contribution in [0.2, 0.25) is 0 Å². The Labute approximate surface area is 130 Å². The second-order valence-electron chi connectivity index (χ2n) is 4.93. The largest absolute Gasteiger partial charge is 0.395 e. The van der Waals surface area contributed by atoms with Crippen LogP contribution in [0, 0.1) is 0 Å². The summed E-state index contributed by atoms with van der Waals surface area (Å²) in [7, 11) is -1.13. The third kappa shape index (κ3) is 11.6. The Bertz CT molecular complexity index is 315. The molecule has 6 heteroatoms. The van der Waals surface area contributed by atoms with Gasteiger partial charge in [-0.3, -0.25) is 9.00 Å². The summed E-state index contributed by atoms with van der Waals surface area (Å²) in [6.07, 6.45) is 8.14. The molecule has 0 fully saturated rings. The van der Waals surface area contributed by atoms with Crippen molar-refractivity contribution in [3.63, 3.8) is 0 Å². The van der Waals surface area contributed by atoms with Crippen LogP contribution in [0.4, 0.5) is 0 Å². The lowest BCUT2D eigenvalue weighted by Crippen LogP contribution is -2.34. The molecule has 0 rings (SSSR count). The van der Waals surface area contributed by atoms with E-state index in [4.69, 9.17) is 10.2 Å². The van der Waals surface area contributed by atoms with Crippen molar-refractivity contribution >= 4 is 16.7 Å². The molecule has 1 unspecified atom stereocenters. The van der Waals surface area contributed by atoms with Crippen LogP contribution in [0.5, 0.6) is 0 Å². The zero-order valence-corrected chi connectivity index (χ0v) is 13.8. The minimum absolute atomic E-state index is 0.152. The molecule has 21 heavy (non-hydrogen) atoms. The van der Waals surface area contributed by atoms with Crippen molar-refractivity contribution in [3.05, 3.63) is 11.5 Å². The SMILES string of the molecule is CCCCCCCCS(=O)C=CC(=O)N(CCO)CCO. The molecule has 0 saturated carbocycles. The lowest BCUT2D eigenvalue weighted by Gasteiger charge is -2.18. The van der Waals surface area contributed by atoms with Crippen molar-refractivity contribution in [2.45, 2.75) is 45.4 Å². The van der Waals surface area contributed by atoms with E-state index in [1.165, 1.54) is 42.1 Å².